The molecular formula is C5H7ClN2O2. The lowest BCUT2D eigenvalue weighted by Crippen LogP contribution is -2.26. The van der Waals surface area contributed by atoms with E-state index in [-0.39, 0.29) is 12.4 Å². The van der Waals surface area contributed by atoms with Gasteiger partial charge in [-0.05, 0) is 0 Å². The molecule has 1 aliphatic heterocycles. The molecule has 0 aromatic rings. The Hall–Kier alpha value is -1.03. The lowest BCUT2D eigenvalue weighted by Gasteiger charge is -2.11. The van der Waals surface area contributed by atoms with E-state index in [1.165, 1.54) is 18.6 Å². The molecule has 1 heterocycles. The van der Waals surface area contributed by atoms with E-state index >= 15 is 0 Å². The van der Waals surface area contributed by atoms with Gasteiger partial charge in [0.25, 0.3) is 0 Å². The third-order valence-corrected chi connectivity index (χ3v) is 0.962. The molecule has 0 bridgehead atoms. The second-order valence-corrected chi connectivity index (χ2v) is 1.56. The molecule has 0 saturated heterocycles. The lowest BCUT2D eigenvalue weighted by molar-refractivity contribution is 0.167. The molecule has 1 aliphatic rings. The maximum Gasteiger partial charge on any atom is 0.411 e. The van der Waals surface area contributed by atoms with Gasteiger partial charge in [-0.2, -0.15) is 0 Å². The number of hydrogen-bond acceptors (Lipinski definition) is 2. The molecule has 0 spiro atoms. The molecule has 56 valence electrons. The van der Waals surface area contributed by atoms with Crippen molar-refractivity contribution in [3.8, 4) is 0 Å². The first-order valence-corrected chi connectivity index (χ1v) is 2.48. The average Bonchev–Trinajstić information content (AvgIpc) is 1.90. The van der Waals surface area contributed by atoms with Crippen molar-refractivity contribution >= 4 is 24.7 Å². The number of hydrogen-bond donors (Lipinski definition) is 1. The summed E-state index contributed by atoms with van der Waals surface area (Å²) in [5, 5.41) is 8.35. The van der Waals surface area contributed by atoms with Crippen LogP contribution in [0.15, 0.2) is 17.4 Å². The van der Waals surface area contributed by atoms with Gasteiger partial charge in [-0.25, -0.2) is 4.79 Å². The molecule has 4 nitrogen and oxygen atoms in total. The minimum Gasteiger partial charge on any atom is -0.465 e. The Bertz CT molecular complexity index is 178. The van der Waals surface area contributed by atoms with Crippen LogP contribution < -0.4 is 0 Å². The van der Waals surface area contributed by atoms with Gasteiger partial charge in [0.1, 0.15) is 0 Å². The van der Waals surface area contributed by atoms with E-state index in [4.69, 9.17) is 5.11 Å². The zero-order valence-electron chi connectivity index (χ0n) is 5.10. The van der Waals surface area contributed by atoms with Gasteiger partial charge in [0.05, 0.1) is 6.54 Å². The fraction of sp³-hybridized carbons (Fsp3) is 0.200. The molecule has 0 unspecified atom stereocenters. The minimum absolute atomic E-state index is 0. The molecule has 0 aromatic carbocycles. The molecule has 1 rings (SSSR count). The molecule has 1 N–H and O–H groups in total. The van der Waals surface area contributed by atoms with Crippen molar-refractivity contribution in [3.63, 3.8) is 0 Å². The monoisotopic (exact) mass is 162 g/mol. The second kappa shape index (κ2) is 3.90. The first kappa shape index (κ1) is 8.97. The molecule has 0 radical (unpaired) electrons. The van der Waals surface area contributed by atoms with Crippen LogP contribution in [-0.4, -0.2) is 28.9 Å². The van der Waals surface area contributed by atoms with Gasteiger partial charge >= 0.3 is 6.09 Å². The highest BCUT2D eigenvalue weighted by molar-refractivity contribution is 5.85. The van der Waals surface area contributed by atoms with E-state index in [0.29, 0.717) is 6.54 Å². The van der Waals surface area contributed by atoms with Crippen LogP contribution >= 0.6 is 12.4 Å². The Balaban J connectivity index is 0.000000810. The maximum atomic E-state index is 10.2. The highest BCUT2D eigenvalue weighted by atomic mass is 35.5. The van der Waals surface area contributed by atoms with Crippen molar-refractivity contribution < 1.29 is 9.90 Å². The summed E-state index contributed by atoms with van der Waals surface area (Å²) in [6, 6.07) is 0. The third kappa shape index (κ3) is 2.06. The number of carbonyl (C=O) groups is 1. The van der Waals surface area contributed by atoms with Gasteiger partial charge in [0.2, 0.25) is 0 Å². The minimum atomic E-state index is -0.947. The molecule has 5 heteroatoms. The Morgan fingerprint density at radius 2 is 2.40 bits per heavy atom. The summed E-state index contributed by atoms with van der Waals surface area (Å²) in [5.41, 5.74) is 0. The largest absolute Gasteiger partial charge is 0.465 e. The van der Waals surface area contributed by atoms with Gasteiger partial charge in [0.15, 0.2) is 0 Å². The van der Waals surface area contributed by atoms with Gasteiger partial charge < -0.3 is 5.11 Å². The van der Waals surface area contributed by atoms with Crippen LogP contribution in [0, 0.1) is 0 Å². The molecule has 1 amide bonds. The van der Waals surface area contributed by atoms with Crippen LogP contribution in [0.2, 0.25) is 0 Å². The normalized spacial score (nSPS) is 14.6. The van der Waals surface area contributed by atoms with Crippen LogP contribution in [-0.2, 0) is 0 Å². The smallest absolute Gasteiger partial charge is 0.411 e. The van der Waals surface area contributed by atoms with E-state index in [0.717, 1.165) is 4.90 Å². The molecule has 0 fully saturated rings. The number of amides is 1. The predicted molar refractivity (Wildman–Crippen MR) is 39.6 cm³/mol. The van der Waals surface area contributed by atoms with Crippen molar-refractivity contribution in [2.75, 3.05) is 6.54 Å². The van der Waals surface area contributed by atoms with E-state index in [1.54, 1.807) is 0 Å². The fourth-order valence-electron chi connectivity index (χ4n) is 0.518. The summed E-state index contributed by atoms with van der Waals surface area (Å²) in [5.74, 6) is 0. The summed E-state index contributed by atoms with van der Waals surface area (Å²) in [6.07, 6.45) is 3.45. The summed E-state index contributed by atoms with van der Waals surface area (Å²) in [6.45, 7) is 0.353. The second-order valence-electron chi connectivity index (χ2n) is 1.56. The lowest BCUT2D eigenvalue weighted by atomic mass is 10.5. The van der Waals surface area contributed by atoms with Crippen LogP contribution in [0.3, 0.4) is 0 Å². The first-order chi connectivity index (χ1) is 4.30. The summed E-state index contributed by atoms with van der Waals surface area (Å²) < 4.78 is 0. The van der Waals surface area contributed by atoms with Crippen LogP contribution in [0.25, 0.3) is 0 Å². The average molecular weight is 163 g/mol. The van der Waals surface area contributed by atoms with Crippen molar-refractivity contribution in [1.29, 1.82) is 0 Å². The number of aliphatic imine (C=N–C) groups is 1. The summed E-state index contributed by atoms with van der Waals surface area (Å²) in [4.78, 5) is 15.0. The number of carboxylic acid groups (broad SMARTS) is 1. The van der Waals surface area contributed by atoms with Crippen molar-refractivity contribution in [2.24, 2.45) is 4.99 Å². The quantitative estimate of drug-likeness (QED) is 0.577. The highest BCUT2D eigenvalue weighted by Crippen LogP contribution is 1.93. The molecular weight excluding hydrogens is 156 g/mol. The van der Waals surface area contributed by atoms with Crippen molar-refractivity contribution in [3.05, 3.63) is 12.4 Å². The van der Waals surface area contributed by atoms with Crippen LogP contribution in [0.1, 0.15) is 0 Å². The number of nitrogens with zero attached hydrogens (tertiary/aromatic N) is 2. The van der Waals surface area contributed by atoms with Gasteiger partial charge in [-0.3, -0.25) is 9.89 Å². The predicted octanol–water partition coefficient (Wildman–Crippen LogP) is 0.944. The van der Waals surface area contributed by atoms with E-state index < -0.39 is 6.09 Å². The fourth-order valence-corrected chi connectivity index (χ4v) is 0.518. The van der Waals surface area contributed by atoms with E-state index in [1.807, 2.05) is 0 Å². The maximum absolute atomic E-state index is 10.2. The van der Waals surface area contributed by atoms with E-state index in [2.05, 4.69) is 4.99 Å². The van der Waals surface area contributed by atoms with Gasteiger partial charge in [-0.15, -0.1) is 12.4 Å². The Morgan fingerprint density at radius 3 is 2.70 bits per heavy atom. The molecule has 10 heavy (non-hydrogen) atoms. The third-order valence-electron chi connectivity index (χ3n) is 0.962. The SMILES string of the molecule is Cl.O=C(O)N1C=CN=CC1. The van der Waals surface area contributed by atoms with Gasteiger partial charge in [-0.1, -0.05) is 0 Å². The van der Waals surface area contributed by atoms with Crippen molar-refractivity contribution in [2.45, 2.75) is 0 Å². The Kier molecular flexibility index (Phi) is 3.49. The molecule has 0 aromatic heterocycles. The standard InChI is InChI=1S/C5H6N2O2.ClH/c8-5(9)7-3-1-6-2-4-7;/h1-3H,4H2,(H,8,9);1H. The van der Waals surface area contributed by atoms with E-state index in [9.17, 15) is 4.79 Å². The molecule has 0 atom stereocenters. The van der Waals surface area contributed by atoms with Crippen molar-refractivity contribution in [1.82, 2.24) is 4.90 Å². The Morgan fingerprint density at radius 1 is 1.70 bits per heavy atom. The number of rotatable bonds is 0. The zero-order valence-corrected chi connectivity index (χ0v) is 5.91. The molecule has 0 aliphatic carbocycles. The number of halogens is 1. The zero-order chi connectivity index (χ0) is 6.69. The van der Waals surface area contributed by atoms with Crippen LogP contribution in [0.4, 0.5) is 4.79 Å². The highest BCUT2D eigenvalue weighted by Gasteiger charge is 2.06. The van der Waals surface area contributed by atoms with Gasteiger partial charge in [0, 0.05) is 18.6 Å². The summed E-state index contributed by atoms with van der Waals surface area (Å²) >= 11 is 0. The molecule has 0 saturated carbocycles. The van der Waals surface area contributed by atoms with Crippen LogP contribution in [0.5, 0.6) is 0 Å². The Labute approximate surface area is 64.3 Å². The topological polar surface area (TPSA) is 52.9 Å². The first-order valence-electron chi connectivity index (χ1n) is 2.48. The summed E-state index contributed by atoms with van der Waals surface area (Å²) in [7, 11) is 0.